The molecule has 0 spiro atoms. The molecule has 0 radical (unpaired) electrons. The van der Waals surface area contributed by atoms with Crippen molar-refractivity contribution in [3.8, 4) is 0 Å². The minimum absolute atomic E-state index is 0.476. The van der Waals surface area contributed by atoms with E-state index in [0.29, 0.717) is 5.56 Å². The van der Waals surface area contributed by atoms with Crippen LogP contribution in [0.4, 0.5) is 0 Å². The van der Waals surface area contributed by atoms with Gasteiger partial charge in [-0.25, -0.2) is 0 Å². The van der Waals surface area contributed by atoms with Crippen LogP contribution in [-0.4, -0.2) is 19.9 Å². The third-order valence-corrected chi connectivity index (χ3v) is 3.24. The Morgan fingerprint density at radius 1 is 1.38 bits per heavy atom. The molecule has 1 aromatic rings. The third kappa shape index (κ3) is 1.88. The molecule has 16 heavy (non-hydrogen) atoms. The largest absolute Gasteiger partial charge is 0.360 e. The number of carbonyl (C=O) groups excluding carboxylic acids is 1. The smallest absolute Gasteiger partial charge is 0.150 e. The fourth-order valence-electron chi connectivity index (χ4n) is 2.36. The number of rotatable bonds is 3. The summed E-state index contributed by atoms with van der Waals surface area (Å²) in [7, 11) is 1.69. The van der Waals surface area contributed by atoms with Gasteiger partial charge < -0.3 is 4.74 Å². The molecule has 1 heterocycles. The van der Waals surface area contributed by atoms with Crippen LogP contribution in [0.25, 0.3) is 0 Å². The van der Waals surface area contributed by atoms with Gasteiger partial charge in [0.15, 0.2) is 0 Å². The molecule has 3 nitrogen and oxygen atoms in total. The van der Waals surface area contributed by atoms with Crippen LogP contribution in [0.3, 0.4) is 0 Å². The molecule has 1 saturated heterocycles. The van der Waals surface area contributed by atoms with Crippen LogP contribution in [0.2, 0.25) is 0 Å². The molecule has 1 fully saturated rings. The Morgan fingerprint density at radius 3 is 2.81 bits per heavy atom. The molecule has 0 bridgehead atoms. The van der Waals surface area contributed by atoms with Crippen molar-refractivity contribution in [1.29, 1.82) is 0 Å². The topological polar surface area (TPSA) is 38.3 Å². The highest BCUT2D eigenvalue weighted by atomic mass is 16.5. The van der Waals surface area contributed by atoms with Crippen LogP contribution in [0.5, 0.6) is 0 Å². The van der Waals surface area contributed by atoms with Gasteiger partial charge in [0.05, 0.1) is 0 Å². The molecule has 0 aliphatic carbocycles. The van der Waals surface area contributed by atoms with Crippen molar-refractivity contribution in [1.82, 2.24) is 5.32 Å². The highest BCUT2D eigenvalue weighted by molar-refractivity contribution is 5.77. The van der Waals surface area contributed by atoms with Crippen LogP contribution < -0.4 is 5.32 Å². The van der Waals surface area contributed by atoms with E-state index < -0.39 is 5.72 Å². The highest BCUT2D eigenvalue weighted by Gasteiger charge is 2.34. The van der Waals surface area contributed by atoms with Gasteiger partial charge in [-0.3, -0.25) is 10.1 Å². The number of benzene rings is 1. The molecule has 1 aliphatic rings. The first-order valence-electron chi connectivity index (χ1n) is 5.67. The van der Waals surface area contributed by atoms with Gasteiger partial charge in [-0.05, 0) is 25.8 Å². The molecule has 86 valence electrons. The predicted molar refractivity (Wildman–Crippen MR) is 62.4 cm³/mol. The molecular weight excluding hydrogens is 202 g/mol. The van der Waals surface area contributed by atoms with E-state index in [4.69, 9.17) is 4.74 Å². The maximum atomic E-state index is 11.0. The molecule has 1 N–H and O–H groups in total. The molecule has 3 heteroatoms. The lowest BCUT2D eigenvalue weighted by atomic mass is 9.90. The van der Waals surface area contributed by atoms with Crippen LogP contribution >= 0.6 is 0 Å². The lowest BCUT2D eigenvalue weighted by Crippen LogP contribution is -2.47. The van der Waals surface area contributed by atoms with Crippen molar-refractivity contribution in [2.24, 2.45) is 0 Å². The SMILES string of the molecule is CO[C@@]1(c2ccccc2C=O)CCCCN1. The summed E-state index contributed by atoms with van der Waals surface area (Å²) < 4.78 is 5.64. The zero-order valence-corrected chi connectivity index (χ0v) is 9.53. The average molecular weight is 219 g/mol. The summed E-state index contributed by atoms with van der Waals surface area (Å²) in [5, 5.41) is 3.39. The zero-order valence-electron chi connectivity index (χ0n) is 9.53. The highest BCUT2D eigenvalue weighted by Crippen LogP contribution is 2.32. The van der Waals surface area contributed by atoms with Crippen molar-refractivity contribution in [2.45, 2.75) is 25.0 Å². The molecule has 1 aliphatic heterocycles. The van der Waals surface area contributed by atoms with Crippen LogP contribution in [0.1, 0.15) is 35.2 Å². The van der Waals surface area contributed by atoms with E-state index in [-0.39, 0.29) is 0 Å². The first-order valence-corrected chi connectivity index (χ1v) is 5.67. The molecule has 2 rings (SSSR count). The van der Waals surface area contributed by atoms with E-state index >= 15 is 0 Å². The predicted octanol–water partition coefficient (Wildman–Crippen LogP) is 2.07. The summed E-state index contributed by atoms with van der Waals surface area (Å²) in [6, 6.07) is 7.61. The fraction of sp³-hybridized carbons (Fsp3) is 0.462. The molecule has 0 saturated carbocycles. The van der Waals surface area contributed by atoms with Crippen molar-refractivity contribution in [3.63, 3.8) is 0 Å². The first-order chi connectivity index (χ1) is 7.82. The number of carbonyl (C=O) groups is 1. The Kier molecular flexibility index (Phi) is 3.36. The maximum Gasteiger partial charge on any atom is 0.150 e. The van der Waals surface area contributed by atoms with Gasteiger partial charge in [0.1, 0.15) is 12.0 Å². The van der Waals surface area contributed by atoms with Crippen LogP contribution in [-0.2, 0) is 10.5 Å². The van der Waals surface area contributed by atoms with Crippen LogP contribution in [0, 0.1) is 0 Å². The van der Waals surface area contributed by atoms with Gasteiger partial charge in [0.2, 0.25) is 0 Å². The number of ether oxygens (including phenoxy) is 1. The Balaban J connectivity index is 2.42. The van der Waals surface area contributed by atoms with Gasteiger partial charge in [-0.2, -0.15) is 0 Å². The normalized spacial score (nSPS) is 25.3. The Bertz CT molecular complexity index is 370. The van der Waals surface area contributed by atoms with Gasteiger partial charge >= 0.3 is 0 Å². The summed E-state index contributed by atoms with van der Waals surface area (Å²) in [5.41, 5.74) is 1.18. The molecule has 1 aromatic carbocycles. The second kappa shape index (κ2) is 4.76. The van der Waals surface area contributed by atoms with E-state index in [1.165, 1.54) is 0 Å². The minimum Gasteiger partial charge on any atom is -0.360 e. The van der Waals surface area contributed by atoms with Crippen molar-refractivity contribution in [2.75, 3.05) is 13.7 Å². The number of hydrogen-bond acceptors (Lipinski definition) is 3. The van der Waals surface area contributed by atoms with Gasteiger partial charge in [0, 0.05) is 18.2 Å². The first kappa shape index (κ1) is 11.3. The van der Waals surface area contributed by atoms with Gasteiger partial charge in [-0.1, -0.05) is 24.3 Å². The summed E-state index contributed by atoms with van der Waals surface area (Å²) in [4.78, 5) is 11.0. The number of hydrogen-bond donors (Lipinski definition) is 1. The summed E-state index contributed by atoms with van der Waals surface area (Å²) in [6.45, 7) is 0.932. The number of nitrogens with one attached hydrogen (secondary N) is 1. The average Bonchev–Trinajstić information content (AvgIpc) is 2.39. The Morgan fingerprint density at radius 2 is 2.19 bits per heavy atom. The van der Waals surface area contributed by atoms with E-state index in [9.17, 15) is 4.79 Å². The quantitative estimate of drug-likeness (QED) is 0.791. The molecule has 0 unspecified atom stereocenters. The standard InChI is InChI=1S/C13H17NO2/c1-16-13(8-4-5-9-14-13)12-7-3-2-6-11(12)10-15/h2-3,6-7,10,14H,4-5,8-9H2,1H3/t13-/m1/s1. The second-order valence-corrected chi connectivity index (χ2v) is 4.12. The second-order valence-electron chi connectivity index (χ2n) is 4.12. The molecule has 1 atom stereocenters. The molecule has 0 aromatic heterocycles. The Hall–Kier alpha value is -1.19. The lowest BCUT2D eigenvalue weighted by Gasteiger charge is -2.38. The molecule has 0 amide bonds. The van der Waals surface area contributed by atoms with E-state index in [1.54, 1.807) is 7.11 Å². The molecular formula is C13H17NO2. The van der Waals surface area contributed by atoms with Crippen molar-refractivity contribution in [3.05, 3.63) is 35.4 Å². The maximum absolute atomic E-state index is 11.0. The number of aldehydes is 1. The minimum atomic E-state index is -0.476. The lowest BCUT2D eigenvalue weighted by molar-refractivity contribution is -0.0651. The van der Waals surface area contributed by atoms with E-state index in [0.717, 1.165) is 37.7 Å². The monoisotopic (exact) mass is 219 g/mol. The summed E-state index contributed by atoms with van der Waals surface area (Å²) in [6.07, 6.45) is 4.09. The fourth-order valence-corrected chi connectivity index (χ4v) is 2.36. The third-order valence-electron chi connectivity index (χ3n) is 3.24. The van der Waals surface area contributed by atoms with Crippen LogP contribution in [0.15, 0.2) is 24.3 Å². The summed E-state index contributed by atoms with van der Waals surface area (Å²) in [5.74, 6) is 0. The number of methoxy groups -OCH3 is 1. The summed E-state index contributed by atoms with van der Waals surface area (Å²) >= 11 is 0. The van der Waals surface area contributed by atoms with Gasteiger partial charge in [-0.15, -0.1) is 0 Å². The zero-order chi connectivity index (χ0) is 11.4. The van der Waals surface area contributed by atoms with Gasteiger partial charge in [0.25, 0.3) is 0 Å². The van der Waals surface area contributed by atoms with E-state index in [2.05, 4.69) is 5.32 Å². The van der Waals surface area contributed by atoms with Crippen molar-refractivity contribution < 1.29 is 9.53 Å². The Labute approximate surface area is 95.8 Å². The number of piperidine rings is 1. The van der Waals surface area contributed by atoms with E-state index in [1.807, 2.05) is 24.3 Å². The van der Waals surface area contributed by atoms with Crippen molar-refractivity contribution >= 4 is 6.29 Å².